The van der Waals surface area contributed by atoms with Gasteiger partial charge in [0.15, 0.2) is 5.82 Å². The largest absolute Gasteiger partial charge is 0.381 e. The van der Waals surface area contributed by atoms with Gasteiger partial charge < -0.3 is 5.73 Å². The third-order valence-electron chi connectivity index (χ3n) is 1.62. The summed E-state index contributed by atoms with van der Waals surface area (Å²) >= 11 is 3.29. The predicted octanol–water partition coefficient (Wildman–Crippen LogP) is 1.61. The molecule has 0 aromatic carbocycles. The van der Waals surface area contributed by atoms with E-state index in [1.165, 1.54) is 0 Å². The van der Waals surface area contributed by atoms with Gasteiger partial charge in [-0.3, -0.25) is 4.98 Å². The van der Waals surface area contributed by atoms with Crippen molar-refractivity contribution >= 4 is 21.7 Å². The van der Waals surface area contributed by atoms with Crippen molar-refractivity contribution in [1.82, 2.24) is 14.8 Å². The van der Waals surface area contributed by atoms with Crippen molar-refractivity contribution in [3.8, 4) is 5.69 Å². The van der Waals surface area contributed by atoms with Crippen molar-refractivity contribution in [2.45, 2.75) is 0 Å². The molecule has 0 fully saturated rings. The van der Waals surface area contributed by atoms with Crippen LogP contribution in [0.4, 0.5) is 5.82 Å². The molecule has 0 aliphatic rings. The van der Waals surface area contributed by atoms with Crippen LogP contribution in [0.15, 0.2) is 35.2 Å². The standard InChI is InChI=1S/C8H7BrN4/c9-7-5-13(12-8(7)10)6-1-3-11-4-2-6/h1-5H,(H2,10,12). The summed E-state index contributed by atoms with van der Waals surface area (Å²) in [4.78, 5) is 3.92. The molecule has 0 aliphatic heterocycles. The Kier molecular flexibility index (Phi) is 2.02. The highest BCUT2D eigenvalue weighted by atomic mass is 79.9. The Morgan fingerprint density at radius 1 is 1.31 bits per heavy atom. The normalized spacial score (nSPS) is 10.2. The van der Waals surface area contributed by atoms with Gasteiger partial charge in [0.25, 0.3) is 0 Å². The van der Waals surface area contributed by atoms with Crippen LogP contribution < -0.4 is 5.73 Å². The van der Waals surface area contributed by atoms with Crippen LogP contribution in [0.5, 0.6) is 0 Å². The second kappa shape index (κ2) is 3.18. The first-order valence-electron chi connectivity index (χ1n) is 3.68. The molecular weight excluding hydrogens is 232 g/mol. The van der Waals surface area contributed by atoms with Crippen LogP contribution in [-0.2, 0) is 0 Å². The molecule has 2 heterocycles. The van der Waals surface area contributed by atoms with Gasteiger partial charge in [-0.15, -0.1) is 5.10 Å². The number of aromatic nitrogens is 3. The van der Waals surface area contributed by atoms with Crippen molar-refractivity contribution in [2.75, 3.05) is 5.73 Å². The molecule has 66 valence electrons. The molecule has 2 aromatic rings. The molecular formula is C8H7BrN4. The fourth-order valence-electron chi connectivity index (χ4n) is 0.995. The van der Waals surface area contributed by atoms with E-state index in [0.717, 1.165) is 10.2 Å². The molecule has 0 amide bonds. The summed E-state index contributed by atoms with van der Waals surface area (Å²) in [5, 5.41) is 4.10. The first kappa shape index (κ1) is 8.25. The van der Waals surface area contributed by atoms with Crippen molar-refractivity contribution in [2.24, 2.45) is 0 Å². The highest BCUT2D eigenvalue weighted by Gasteiger charge is 2.02. The Morgan fingerprint density at radius 3 is 2.54 bits per heavy atom. The van der Waals surface area contributed by atoms with Crippen LogP contribution in [-0.4, -0.2) is 14.8 Å². The summed E-state index contributed by atoms with van der Waals surface area (Å²) in [7, 11) is 0. The van der Waals surface area contributed by atoms with Gasteiger partial charge in [-0.2, -0.15) is 0 Å². The minimum Gasteiger partial charge on any atom is -0.381 e. The second-order valence-corrected chi connectivity index (χ2v) is 3.37. The maximum atomic E-state index is 5.58. The zero-order valence-electron chi connectivity index (χ0n) is 6.68. The van der Waals surface area contributed by atoms with E-state index >= 15 is 0 Å². The third kappa shape index (κ3) is 1.55. The first-order chi connectivity index (χ1) is 6.27. The molecule has 2 aromatic heterocycles. The van der Waals surface area contributed by atoms with E-state index in [2.05, 4.69) is 26.0 Å². The fraction of sp³-hybridized carbons (Fsp3) is 0. The minimum absolute atomic E-state index is 0.483. The van der Waals surface area contributed by atoms with Crippen molar-refractivity contribution < 1.29 is 0 Å². The summed E-state index contributed by atoms with van der Waals surface area (Å²) < 4.78 is 2.49. The van der Waals surface area contributed by atoms with E-state index in [-0.39, 0.29) is 0 Å². The van der Waals surface area contributed by atoms with Crippen LogP contribution >= 0.6 is 15.9 Å². The number of hydrogen-bond acceptors (Lipinski definition) is 3. The van der Waals surface area contributed by atoms with E-state index in [1.54, 1.807) is 17.1 Å². The molecule has 0 saturated carbocycles. The number of nitrogen functional groups attached to an aromatic ring is 1. The fourth-order valence-corrected chi connectivity index (χ4v) is 1.27. The summed E-state index contributed by atoms with van der Waals surface area (Å²) in [5.41, 5.74) is 6.52. The van der Waals surface area contributed by atoms with Gasteiger partial charge in [-0.05, 0) is 28.1 Å². The molecule has 4 nitrogen and oxygen atoms in total. The zero-order valence-corrected chi connectivity index (χ0v) is 8.27. The van der Waals surface area contributed by atoms with Crippen molar-refractivity contribution in [3.05, 3.63) is 35.2 Å². The van der Waals surface area contributed by atoms with Gasteiger partial charge in [0.05, 0.1) is 10.2 Å². The quantitative estimate of drug-likeness (QED) is 0.822. The van der Waals surface area contributed by atoms with Crippen molar-refractivity contribution in [1.29, 1.82) is 0 Å². The van der Waals surface area contributed by atoms with Gasteiger partial charge in [-0.25, -0.2) is 4.68 Å². The molecule has 0 saturated heterocycles. The second-order valence-electron chi connectivity index (χ2n) is 2.51. The van der Waals surface area contributed by atoms with E-state index in [9.17, 15) is 0 Å². The predicted molar refractivity (Wildman–Crippen MR) is 53.5 cm³/mol. The molecule has 0 atom stereocenters. The Balaban J connectivity index is 2.48. The molecule has 5 heteroatoms. The summed E-state index contributed by atoms with van der Waals surface area (Å²) in [6, 6.07) is 3.72. The van der Waals surface area contributed by atoms with Gasteiger partial charge in [0.1, 0.15) is 0 Å². The van der Waals surface area contributed by atoms with Crippen molar-refractivity contribution in [3.63, 3.8) is 0 Å². The molecule has 0 bridgehead atoms. The summed E-state index contributed by atoms with van der Waals surface area (Å²) in [6.45, 7) is 0. The Hall–Kier alpha value is -1.36. The molecule has 0 spiro atoms. The van der Waals surface area contributed by atoms with Crippen LogP contribution in [0.25, 0.3) is 5.69 Å². The number of hydrogen-bond donors (Lipinski definition) is 1. The smallest absolute Gasteiger partial charge is 0.160 e. The van der Waals surface area contributed by atoms with Gasteiger partial charge >= 0.3 is 0 Å². The van der Waals surface area contributed by atoms with Gasteiger partial charge in [-0.1, -0.05) is 0 Å². The maximum Gasteiger partial charge on any atom is 0.160 e. The summed E-state index contributed by atoms with van der Waals surface area (Å²) in [5.74, 6) is 0.483. The maximum absolute atomic E-state index is 5.58. The molecule has 2 N–H and O–H groups in total. The first-order valence-corrected chi connectivity index (χ1v) is 4.48. The lowest BCUT2D eigenvalue weighted by atomic mass is 10.4. The van der Waals surface area contributed by atoms with Crippen LogP contribution in [0.2, 0.25) is 0 Å². The molecule has 0 unspecified atom stereocenters. The molecule has 13 heavy (non-hydrogen) atoms. The average Bonchev–Trinajstić information content (AvgIpc) is 2.49. The number of rotatable bonds is 1. The topological polar surface area (TPSA) is 56.7 Å². The molecule has 2 rings (SSSR count). The van der Waals surface area contributed by atoms with E-state index < -0.39 is 0 Å². The van der Waals surface area contributed by atoms with E-state index in [1.807, 2.05) is 18.3 Å². The lowest BCUT2D eigenvalue weighted by Gasteiger charge is -1.97. The third-order valence-corrected chi connectivity index (χ3v) is 2.23. The van der Waals surface area contributed by atoms with Gasteiger partial charge in [0.2, 0.25) is 0 Å². The average molecular weight is 239 g/mol. The van der Waals surface area contributed by atoms with Crippen LogP contribution in [0.1, 0.15) is 0 Å². The van der Waals surface area contributed by atoms with Crippen LogP contribution in [0.3, 0.4) is 0 Å². The number of anilines is 1. The minimum atomic E-state index is 0.483. The number of nitrogens with two attached hydrogens (primary N) is 1. The Morgan fingerprint density at radius 2 is 2.00 bits per heavy atom. The van der Waals surface area contributed by atoms with Gasteiger partial charge in [0, 0.05) is 18.6 Å². The highest BCUT2D eigenvalue weighted by molar-refractivity contribution is 9.10. The van der Waals surface area contributed by atoms with E-state index in [4.69, 9.17) is 5.73 Å². The molecule has 0 aliphatic carbocycles. The van der Waals surface area contributed by atoms with E-state index in [0.29, 0.717) is 5.82 Å². The lowest BCUT2D eigenvalue weighted by molar-refractivity contribution is 0.882. The van der Waals surface area contributed by atoms with Crippen LogP contribution in [0, 0.1) is 0 Å². The molecule has 0 radical (unpaired) electrons. The monoisotopic (exact) mass is 238 g/mol. The number of pyridine rings is 1. The Labute approximate surface area is 83.5 Å². The summed E-state index contributed by atoms with van der Waals surface area (Å²) in [6.07, 6.45) is 5.23. The number of nitrogens with zero attached hydrogens (tertiary/aromatic N) is 3. The SMILES string of the molecule is Nc1nn(-c2ccncc2)cc1Br. The zero-order chi connectivity index (χ0) is 9.26. The Bertz CT molecular complexity index is 390. The number of halogens is 1. The highest BCUT2D eigenvalue weighted by Crippen LogP contribution is 2.18. The lowest BCUT2D eigenvalue weighted by Crippen LogP contribution is -1.95.